The van der Waals surface area contributed by atoms with Crippen LogP contribution in [0.15, 0.2) is 0 Å². The zero-order valence-corrected chi connectivity index (χ0v) is 13.2. The topological polar surface area (TPSA) is 24.1 Å². The number of hydrogen-bond acceptors (Lipinski definition) is 2. The van der Waals surface area contributed by atoms with Gasteiger partial charge in [-0.25, -0.2) is 0 Å². The van der Waals surface area contributed by atoms with Gasteiger partial charge in [-0.3, -0.25) is 0 Å². The summed E-state index contributed by atoms with van der Waals surface area (Å²) in [5.41, 5.74) is 0.677. The third kappa shape index (κ3) is 2.43. The van der Waals surface area contributed by atoms with E-state index in [1.807, 2.05) is 0 Å². The predicted octanol–water partition coefficient (Wildman–Crippen LogP) is 3.18. The zero-order chi connectivity index (χ0) is 13.6. The molecule has 5 aliphatic rings. The molecule has 5 rings (SSSR count). The monoisotopic (exact) mass is 276 g/mol. The highest BCUT2D eigenvalue weighted by Gasteiger charge is 2.52. The van der Waals surface area contributed by atoms with Crippen LogP contribution >= 0.6 is 0 Å². The molecule has 1 saturated heterocycles. The Labute approximate surface area is 124 Å². The highest BCUT2D eigenvalue weighted by Crippen LogP contribution is 2.61. The van der Waals surface area contributed by atoms with E-state index in [1.54, 1.807) is 19.3 Å². The average molecular weight is 276 g/mol. The Morgan fingerprint density at radius 3 is 2.30 bits per heavy atom. The lowest BCUT2D eigenvalue weighted by molar-refractivity contribution is -0.0709. The molecular weight excluding hydrogens is 244 g/mol. The quantitative estimate of drug-likeness (QED) is 0.824. The Morgan fingerprint density at radius 1 is 1.10 bits per heavy atom. The zero-order valence-electron chi connectivity index (χ0n) is 13.2. The molecule has 20 heavy (non-hydrogen) atoms. The highest BCUT2D eigenvalue weighted by molar-refractivity contribution is 5.05. The molecule has 1 aliphatic heterocycles. The van der Waals surface area contributed by atoms with E-state index in [2.05, 4.69) is 17.6 Å². The summed E-state index contributed by atoms with van der Waals surface area (Å²) in [6, 6.07) is 0.748. The first-order valence-electron chi connectivity index (χ1n) is 9.18. The van der Waals surface area contributed by atoms with Crippen LogP contribution in [0.1, 0.15) is 58.3 Å². The highest BCUT2D eigenvalue weighted by atomic mass is 15.0. The van der Waals surface area contributed by atoms with Crippen molar-refractivity contribution in [3.05, 3.63) is 0 Å². The molecule has 2 nitrogen and oxygen atoms in total. The fraction of sp³-hybridized carbons (Fsp3) is 1.00. The lowest BCUT2D eigenvalue weighted by atomic mass is 9.48. The molecule has 114 valence electrons. The number of rotatable bonds is 4. The summed E-state index contributed by atoms with van der Waals surface area (Å²) in [7, 11) is 0. The molecule has 4 bridgehead atoms. The van der Waals surface area contributed by atoms with Crippen LogP contribution in [-0.4, -0.2) is 25.7 Å². The number of nitrogens with one attached hydrogen (secondary N) is 2. The van der Waals surface area contributed by atoms with Gasteiger partial charge in [0.15, 0.2) is 0 Å². The minimum atomic E-state index is 0.677. The Bertz CT molecular complexity index is 310. The van der Waals surface area contributed by atoms with Crippen LogP contribution < -0.4 is 10.6 Å². The van der Waals surface area contributed by atoms with E-state index < -0.39 is 0 Å². The van der Waals surface area contributed by atoms with Crippen molar-refractivity contribution in [2.24, 2.45) is 29.1 Å². The molecule has 0 aromatic rings. The summed E-state index contributed by atoms with van der Waals surface area (Å²) in [4.78, 5) is 0. The molecule has 1 heterocycles. The minimum absolute atomic E-state index is 0.677. The van der Waals surface area contributed by atoms with Gasteiger partial charge in [-0.1, -0.05) is 0 Å². The van der Waals surface area contributed by atoms with Gasteiger partial charge in [0.1, 0.15) is 0 Å². The Morgan fingerprint density at radius 2 is 1.75 bits per heavy atom. The van der Waals surface area contributed by atoms with E-state index in [-0.39, 0.29) is 0 Å². The van der Waals surface area contributed by atoms with Crippen LogP contribution in [0.25, 0.3) is 0 Å². The summed E-state index contributed by atoms with van der Waals surface area (Å²) in [6.45, 7) is 6.22. The average Bonchev–Trinajstić information content (AvgIpc) is 2.44. The van der Waals surface area contributed by atoms with Crippen LogP contribution in [0.3, 0.4) is 0 Å². The van der Waals surface area contributed by atoms with E-state index >= 15 is 0 Å². The minimum Gasteiger partial charge on any atom is -0.316 e. The number of hydrogen-bond donors (Lipinski definition) is 2. The second-order valence-corrected chi connectivity index (χ2v) is 8.62. The maximum absolute atomic E-state index is 3.97. The van der Waals surface area contributed by atoms with E-state index in [1.165, 1.54) is 51.7 Å². The van der Waals surface area contributed by atoms with Crippen molar-refractivity contribution >= 4 is 0 Å². The van der Waals surface area contributed by atoms with Gasteiger partial charge in [-0.15, -0.1) is 0 Å². The standard InChI is InChI=1S/C18H32N2/c1-13(20-12-14-3-2-4-19-11-14)18-8-15-5-16(9-18)7-17(6-15)10-18/h13-17,19-20H,2-12H2,1H3. The largest absolute Gasteiger partial charge is 0.316 e. The summed E-state index contributed by atoms with van der Waals surface area (Å²) in [5, 5.41) is 7.52. The lowest BCUT2D eigenvalue weighted by Crippen LogP contribution is -2.55. The maximum Gasteiger partial charge on any atom is 0.00956 e. The molecule has 0 radical (unpaired) electrons. The van der Waals surface area contributed by atoms with Gasteiger partial charge >= 0.3 is 0 Å². The van der Waals surface area contributed by atoms with Gasteiger partial charge in [0, 0.05) is 6.04 Å². The summed E-state index contributed by atoms with van der Waals surface area (Å²) < 4.78 is 0. The first-order chi connectivity index (χ1) is 9.73. The van der Waals surface area contributed by atoms with E-state index in [4.69, 9.17) is 0 Å². The van der Waals surface area contributed by atoms with E-state index in [9.17, 15) is 0 Å². The van der Waals surface area contributed by atoms with Crippen molar-refractivity contribution in [3.63, 3.8) is 0 Å². The maximum atomic E-state index is 3.97. The Hall–Kier alpha value is -0.0800. The van der Waals surface area contributed by atoms with Crippen LogP contribution in [0.4, 0.5) is 0 Å². The molecule has 0 spiro atoms. The van der Waals surface area contributed by atoms with Gasteiger partial charge in [-0.05, 0) is 107 Å². The lowest BCUT2D eigenvalue weighted by Gasteiger charge is -2.59. The summed E-state index contributed by atoms with van der Waals surface area (Å²) in [6.07, 6.45) is 12.1. The molecule has 2 atom stereocenters. The smallest absolute Gasteiger partial charge is 0.00956 e. The van der Waals surface area contributed by atoms with E-state index in [0.29, 0.717) is 5.41 Å². The molecule has 4 aliphatic carbocycles. The summed E-state index contributed by atoms with van der Waals surface area (Å²) in [5.74, 6) is 4.13. The molecule has 2 unspecified atom stereocenters. The van der Waals surface area contributed by atoms with Crippen LogP contribution in [0.2, 0.25) is 0 Å². The molecule has 0 aromatic heterocycles. The molecule has 2 N–H and O–H groups in total. The third-order valence-electron chi connectivity index (χ3n) is 7.12. The second kappa shape index (κ2) is 5.28. The van der Waals surface area contributed by atoms with Crippen molar-refractivity contribution in [1.29, 1.82) is 0 Å². The van der Waals surface area contributed by atoms with Crippen LogP contribution in [0, 0.1) is 29.1 Å². The fourth-order valence-electron chi connectivity index (χ4n) is 6.37. The van der Waals surface area contributed by atoms with Gasteiger partial charge in [0.05, 0.1) is 0 Å². The first kappa shape index (κ1) is 13.6. The second-order valence-electron chi connectivity index (χ2n) is 8.62. The van der Waals surface area contributed by atoms with Gasteiger partial charge < -0.3 is 10.6 Å². The van der Waals surface area contributed by atoms with Crippen LogP contribution in [0.5, 0.6) is 0 Å². The van der Waals surface area contributed by atoms with Crippen molar-refractivity contribution < 1.29 is 0 Å². The molecule has 5 fully saturated rings. The number of piperidine rings is 1. The SMILES string of the molecule is CC(NCC1CCCNC1)C12CC3CC(CC(C3)C1)C2. The van der Waals surface area contributed by atoms with E-state index in [0.717, 1.165) is 29.7 Å². The third-order valence-corrected chi connectivity index (χ3v) is 7.12. The van der Waals surface area contributed by atoms with Gasteiger partial charge in [0.25, 0.3) is 0 Å². The first-order valence-corrected chi connectivity index (χ1v) is 9.18. The molecular formula is C18H32N2. The Kier molecular flexibility index (Phi) is 3.58. The molecule has 0 amide bonds. The van der Waals surface area contributed by atoms with Crippen molar-refractivity contribution in [1.82, 2.24) is 10.6 Å². The molecule has 2 heteroatoms. The Balaban J connectivity index is 1.36. The normalized spacial score (nSPS) is 48.5. The van der Waals surface area contributed by atoms with Gasteiger partial charge in [-0.2, -0.15) is 0 Å². The van der Waals surface area contributed by atoms with Crippen LogP contribution in [-0.2, 0) is 0 Å². The van der Waals surface area contributed by atoms with Crippen molar-refractivity contribution in [2.75, 3.05) is 19.6 Å². The fourth-order valence-corrected chi connectivity index (χ4v) is 6.37. The molecule has 4 saturated carbocycles. The predicted molar refractivity (Wildman–Crippen MR) is 83.7 cm³/mol. The summed E-state index contributed by atoms with van der Waals surface area (Å²) >= 11 is 0. The van der Waals surface area contributed by atoms with Crippen molar-refractivity contribution in [3.8, 4) is 0 Å². The molecule has 0 aromatic carbocycles. The van der Waals surface area contributed by atoms with Crippen molar-refractivity contribution in [2.45, 2.75) is 64.3 Å². The van der Waals surface area contributed by atoms with Gasteiger partial charge in [0.2, 0.25) is 0 Å².